The number of anilines is 1. The zero-order valence-electron chi connectivity index (χ0n) is 11.8. The molecule has 7 nitrogen and oxygen atoms in total. The first-order valence-electron chi connectivity index (χ1n) is 6.16. The van der Waals surface area contributed by atoms with Gasteiger partial charge in [-0.15, -0.1) is 0 Å². The number of benzene rings is 1. The lowest BCUT2D eigenvalue weighted by Gasteiger charge is -2.11. The average molecular weight is 309 g/mol. The Labute approximate surface area is 125 Å². The van der Waals surface area contributed by atoms with Crippen molar-refractivity contribution >= 4 is 23.4 Å². The summed E-state index contributed by atoms with van der Waals surface area (Å²) >= 11 is 1.09. The van der Waals surface area contributed by atoms with Gasteiger partial charge < -0.3 is 19.7 Å². The van der Waals surface area contributed by atoms with Crippen LogP contribution in [0.2, 0.25) is 0 Å². The van der Waals surface area contributed by atoms with E-state index in [4.69, 9.17) is 4.74 Å². The summed E-state index contributed by atoms with van der Waals surface area (Å²) in [6.45, 7) is 1.70. The standard InChI is InChI=1S/C13H15N3O4S/c1-8(21-12-13(18)20-15-16(12)2)11(17)14-9-5-4-6-10(7-9)19-3/h4-8H,1-3H3,(H-,14,15,17,18). The molecule has 21 heavy (non-hydrogen) atoms. The fourth-order valence-electron chi connectivity index (χ4n) is 1.60. The van der Waals surface area contributed by atoms with Crippen molar-refractivity contribution in [1.82, 2.24) is 5.27 Å². The van der Waals surface area contributed by atoms with Crippen molar-refractivity contribution in [2.24, 2.45) is 7.05 Å². The number of ether oxygens (including phenoxy) is 1. The van der Waals surface area contributed by atoms with Crippen LogP contribution < -0.4 is 19.8 Å². The Bertz CT molecular complexity index is 625. The van der Waals surface area contributed by atoms with Gasteiger partial charge in [-0.05, 0) is 30.8 Å². The topological polar surface area (TPSA) is 91.3 Å². The van der Waals surface area contributed by atoms with Crippen LogP contribution in [0.5, 0.6) is 11.7 Å². The smallest absolute Gasteiger partial charge is 0.291 e. The van der Waals surface area contributed by atoms with Crippen LogP contribution in [0.1, 0.15) is 6.92 Å². The van der Waals surface area contributed by atoms with E-state index in [1.807, 2.05) is 0 Å². The van der Waals surface area contributed by atoms with Crippen LogP contribution in [0, 0.1) is 0 Å². The molecule has 2 rings (SSSR count). The first kappa shape index (κ1) is 15.2. The molecule has 0 bridgehead atoms. The molecule has 1 atom stereocenters. The molecule has 8 heteroatoms. The molecule has 1 aromatic heterocycles. The molecular formula is C13H15N3O4S. The Hall–Kier alpha value is -2.22. The lowest BCUT2D eigenvalue weighted by atomic mass is 10.3. The van der Waals surface area contributed by atoms with Gasteiger partial charge in [-0.2, -0.15) is 0 Å². The van der Waals surface area contributed by atoms with Gasteiger partial charge in [-0.25, -0.2) is 0 Å². The van der Waals surface area contributed by atoms with E-state index in [0.717, 1.165) is 11.8 Å². The van der Waals surface area contributed by atoms with Crippen molar-refractivity contribution in [3.8, 4) is 11.7 Å². The zero-order chi connectivity index (χ0) is 15.4. The first-order chi connectivity index (χ1) is 10.0. The summed E-state index contributed by atoms with van der Waals surface area (Å²) in [5.74, 6) is -0.127. The number of carbonyl (C=O) groups is 1. The van der Waals surface area contributed by atoms with E-state index >= 15 is 0 Å². The summed E-state index contributed by atoms with van der Waals surface area (Å²) in [4.78, 5) is 12.1. The van der Waals surface area contributed by atoms with Gasteiger partial charge in [-0.3, -0.25) is 4.79 Å². The molecule has 1 amide bonds. The second-order valence-electron chi connectivity index (χ2n) is 4.27. The third-order valence-electron chi connectivity index (χ3n) is 2.71. The second kappa shape index (κ2) is 6.49. The summed E-state index contributed by atoms with van der Waals surface area (Å²) in [7, 11) is 3.14. The van der Waals surface area contributed by atoms with E-state index in [-0.39, 0.29) is 10.9 Å². The Kier molecular flexibility index (Phi) is 4.69. The summed E-state index contributed by atoms with van der Waals surface area (Å²) in [6.07, 6.45) is 0. The number of hydrogen-bond acceptors (Lipinski definition) is 6. The Morgan fingerprint density at radius 2 is 2.33 bits per heavy atom. The average Bonchev–Trinajstić information content (AvgIpc) is 2.79. The third kappa shape index (κ3) is 3.66. The van der Waals surface area contributed by atoms with Crippen molar-refractivity contribution in [2.75, 3.05) is 12.4 Å². The Morgan fingerprint density at radius 1 is 1.57 bits per heavy atom. The molecule has 0 aliphatic rings. The molecular weight excluding hydrogens is 294 g/mol. The Morgan fingerprint density at radius 3 is 2.95 bits per heavy atom. The van der Waals surface area contributed by atoms with Crippen molar-refractivity contribution in [1.29, 1.82) is 0 Å². The van der Waals surface area contributed by atoms with Crippen LogP contribution in [0.15, 0.2) is 33.8 Å². The van der Waals surface area contributed by atoms with Crippen LogP contribution in [-0.2, 0) is 11.8 Å². The minimum absolute atomic E-state index is 0.228. The minimum atomic E-state index is -0.552. The Balaban J connectivity index is 2.02. The molecule has 1 aromatic carbocycles. The van der Waals surface area contributed by atoms with Gasteiger partial charge in [0.2, 0.25) is 5.91 Å². The number of hydrogen-bond donors (Lipinski definition) is 1. The van der Waals surface area contributed by atoms with Crippen molar-refractivity contribution in [3.63, 3.8) is 0 Å². The lowest BCUT2D eigenvalue weighted by molar-refractivity contribution is -0.772. The van der Waals surface area contributed by atoms with Crippen LogP contribution in [-0.4, -0.2) is 23.5 Å². The monoisotopic (exact) mass is 309 g/mol. The number of rotatable bonds is 5. The molecule has 1 unspecified atom stereocenters. The first-order valence-corrected chi connectivity index (χ1v) is 7.04. The van der Waals surface area contributed by atoms with Gasteiger partial charge in [0.05, 0.1) is 17.6 Å². The number of aryl methyl sites for hydroxylation is 1. The molecule has 0 radical (unpaired) electrons. The highest BCUT2D eigenvalue weighted by Crippen LogP contribution is 2.26. The maximum atomic E-state index is 12.1. The normalized spacial score (nSPS) is 12.0. The van der Waals surface area contributed by atoms with Crippen LogP contribution in [0.4, 0.5) is 5.69 Å². The maximum absolute atomic E-state index is 12.1. The van der Waals surface area contributed by atoms with Crippen molar-refractivity contribution < 1.29 is 23.8 Å². The third-order valence-corrected chi connectivity index (χ3v) is 3.93. The van der Waals surface area contributed by atoms with Gasteiger partial charge >= 0.3 is 0 Å². The minimum Gasteiger partial charge on any atom is -0.538 e. The zero-order valence-corrected chi connectivity index (χ0v) is 12.6. The van der Waals surface area contributed by atoms with Gasteiger partial charge in [0.1, 0.15) is 5.75 Å². The van der Waals surface area contributed by atoms with E-state index in [0.29, 0.717) is 11.4 Å². The molecule has 0 fully saturated rings. The number of carbonyl (C=O) groups excluding carboxylic acids is 1. The second-order valence-corrected chi connectivity index (χ2v) is 5.60. The molecule has 0 spiro atoms. The van der Waals surface area contributed by atoms with E-state index in [1.165, 1.54) is 4.68 Å². The van der Waals surface area contributed by atoms with Crippen LogP contribution in [0.25, 0.3) is 0 Å². The number of amides is 1. The van der Waals surface area contributed by atoms with Gasteiger partial charge in [0.25, 0.3) is 5.03 Å². The largest absolute Gasteiger partial charge is 0.538 e. The SMILES string of the molecule is COc1cccc(NC(=O)C(C)Sc2c([O-])on[n+]2C)c1. The number of nitrogens with zero attached hydrogens (tertiary/aromatic N) is 2. The molecule has 0 aliphatic heterocycles. The number of methoxy groups -OCH3 is 1. The number of aromatic nitrogens is 2. The fraction of sp³-hybridized carbons (Fsp3) is 0.308. The highest BCUT2D eigenvalue weighted by molar-refractivity contribution is 8.00. The predicted octanol–water partition coefficient (Wildman–Crippen LogP) is 0.701. The molecule has 1 N–H and O–H groups in total. The summed E-state index contributed by atoms with van der Waals surface area (Å²) in [6, 6.07) is 7.04. The molecule has 0 aliphatic carbocycles. The summed E-state index contributed by atoms with van der Waals surface area (Å²) < 4.78 is 10.9. The number of nitrogens with one attached hydrogen (secondary N) is 1. The summed E-state index contributed by atoms with van der Waals surface area (Å²) in [5.41, 5.74) is 0.629. The van der Waals surface area contributed by atoms with Crippen molar-refractivity contribution in [2.45, 2.75) is 17.2 Å². The molecule has 112 valence electrons. The predicted molar refractivity (Wildman–Crippen MR) is 74.1 cm³/mol. The maximum Gasteiger partial charge on any atom is 0.291 e. The fourth-order valence-corrected chi connectivity index (χ4v) is 2.42. The lowest BCUT2D eigenvalue weighted by Crippen LogP contribution is -2.33. The molecule has 0 saturated carbocycles. The summed E-state index contributed by atoms with van der Waals surface area (Å²) in [5, 5.41) is 17.5. The van der Waals surface area contributed by atoms with Crippen LogP contribution >= 0.6 is 11.8 Å². The van der Waals surface area contributed by atoms with E-state index < -0.39 is 11.2 Å². The van der Waals surface area contributed by atoms with Gasteiger partial charge in [-0.1, -0.05) is 10.7 Å². The number of thioether (sulfide) groups is 1. The van der Waals surface area contributed by atoms with E-state index in [2.05, 4.69) is 15.1 Å². The van der Waals surface area contributed by atoms with Crippen molar-refractivity contribution in [3.05, 3.63) is 24.3 Å². The quantitative estimate of drug-likeness (QED) is 0.646. The van der Waals surface area contributed by atoms with E-state index in [1.54, 1.807) is 45.3 Å². The van der Waals surface area contributed by atoms with E-state index in [9.17, 15) is 9.90 Å². The van der Waals surface area contributed by atoms with Gasteiger partial charge in [0.15, 0.2) is 13.0 Å². The highest BCUT2D eigenvalue weighted by Gasteiger charge is 2.22. The molecule has 1 heterocycles. The highest BCUT2D eigenvalue weighted by atomic mass is 32.2. The van der Waals surface area contributed by atoms with Gasteiger partial charge in [0, 0.05) is 11.8 Å². The van der Waals surface area contributed by atoms with Crippen LogP contribution in [0.3, 0.4) is 0 Å². The molecule has 0 saturated heterocycles. The molecule has 2 aromatic rings.